The van der Waals surface area contributed by atoms with Gasteiger partial charge in [-0.3, -0.25) is 0 Å². The second-order valence-corrected chi connectivity index (χ2v) is 6.94. The summed E-state index contributed by atoms with van der Waals surface area (Å²) in [4.78, 5) is 4.21. The number of furan rings is 1. The summed E-state index contributed by atoms with van der Waals surface area (Å²) in [6.45, 7) is 2.08. The van der Waals surface area contributed by atoms with Crippen molar-refractivity contribution < 1.29 is 4.42 Å². The molecular weight excluding hydrogens is 348 g/mol. The molecule has 2 heterocycles. The van der Waals surface area contributed by atoms with E-state index in [0.717, 1.165) is 39.0 Å². The molecule has 4 aromatic rings. The largest absolute Gasteiger partial charge is 0.454 e. The quantitative estimate of drug-likeness (QED) is 0.461. The Balaban J connectivity index is 1.85. The van der Waals surface area contributed by atoms with Gasteiger partial charge in [0.25, 0.3) is 0 Å². The van der Waals surface area contributed by atoms with Crippen molar-refractivity contribution >= 4 is 39.0 Å². The molecule has 5 rings (SSSR count). The molecule has 1 aliphatic heterocycles. The molecule has 0 aliphatic carbocycles. The van der Waals surface area contributed by atoms with Gasteiger partial charge >= 0.3 is 0 Å². The third-order valence-corrected chi connectivity index (χ3v) is 5.59. The van der Waals surface area contributed by atoms with E-state index in [0.29, 0.717) is 11.1 Å². The van der Waals surface area contributed by atoms with Crippen molar-refractivity contribution in [2.24, 2.45) is 0 Å². The Morgan fingerprint density at radius 3 is 2.46 bits per heavy atom. The first-order valence-corrected chi connectivity index (χ1v) is 9.05. The Morgan fingerprint density at radius 2 is 1.68 bits per heavy atom. The molecule has 0 radical (unpaired) electrons. The number of benzene rings is 3. The fourth-order valence-corrected chi connectivity index (χ4v) is 4.12. The molecule has 1 aliphatic rings. The fourth-order valence-electron chi connectivity index (χ4n) is 4.12. The topological polar surface area (TPSA) is 67.2 Å². The van der Waals surface area contributed by atoms with Crippen molar-refractivity contribution in [1.29, 1.82) is 10.5 Å². The molecule has 0 spiro atoms. The van der Waals surface area contributed by atoms with E-state index in [1.54, 1.807) is 6.07 Å². The van der Waals surface area contributed by atoms with Crippen molar-refractivity contribution in [1.82, 2.24) is 0 Å². The van der Waals surface area contributed by atoms with Gasteiger partial charge < -0.3 is 14.2 Å². The van der Waals surface area contributed by atoms with E-state index in [4.69, 9.17) is 4.42 Å². The average molecular weight is 364 g/mol. The summed E-state index contributed by atoms with van der Waals surface area (Å²) in [5, 5.41) is 21.4. The molecule has 0 saturated carbocycles. The van der Waals surface area contributed by atoms with Crippen LogP contribution in [0.5, 0.6) is 0 Å². The van der Waals surface area contributed by atoms with E-state index >= 15 is 0 Å². The Hall–Kier alpha value is -3.96. The number of nitrogens with zero attached hydrogens (tertiary/aromatic N) is 4. The molecule has 1 atom stereocenters. The van der Waals surface area contributed by atoms with Crippen molar-refractivity contribution in [2.45, 2.75) is 13.1 Å². The standard InChI is InChI=1S/C23H16N4O/c1-14-26(2)19-11-10-15(12-24)18(13-25)22(19)27(14)20-8-5-7-17-16-6-3-4-9-21(16)28-23(17)20/h3-11,14H,1-2H3/t14-/m0/s1. The summed E-state index contributed by atoms with van der Waals surface area (Å²) >= 11 is 0. The van der Waals surface area contributed by atoms with Gasteiger partial charge in [-0.1, -0.05) is 30.3 Å². The highest BCUT2D eigenvalue weighted by Gasteiger charge is 2.36. The molecule has 5 heteroatoms. The first-order valence-electron chi connectivity index (χ1n) is 9.05. The molecule has 0 N–H and O–H groups in total. The van der Waals surface area contributed by atoms with Gasteiger partial charge in [-0.05, 0) is 31.2 Å². The smallest absolute Gasteiger partial charge is 0.159 e. The minimum Gasteiger partial charge on any atom is -0.454 e. The average Bonchev–Trinajstić information content (AvgIpc) is 3.23. The van der Waals surface area contributed by atoms with E-state index in [9.17, 15) is 10.5 Å². The highest BCUT2D eigenvalue weighted by molar-refractivity contribution is 6.10. The van der Waals surface area contributed by atoms with Gasteiger partial charge in [-0.2, -0.15) is 10.5 Å². The van der Waals surface area contributed by atoms with Crippen LogP contribution < -0.4 is 9.80 Å². The highest BCUT2D eigenvalue weighted by atomic mass is 16.3. The number of hydrogen-bond donors (Lipinski definition) is 0. The minimum absolute atomic E-state index is 0.0325. The van der Waals surface area contributed by atoms with Crippen LogP contribution in [0.4, 0.5) is 17.1 Å². The van der Waals surface area contributed by atoms with Crippen LogP contribution >= 0.6 is 0 Å². The normalized spacial score (nSPS) is 15.6. The monoisotopic (exact) mass is 364 g/mol. The van der Waals surface area contributed by atoms with Gasteiger partial charge in [0.1, 0.15) is 23.9 Å². The van der Waals surface area contributed by atoms with Gasteiger partial charge in [-0.15, -0.1) is 0 Å². The van der Waals surface area contributed by atoms with Crippen LogP contribution in [0.3, 0.4) is 0 Å². The molecule has 0 fully saturated rings. The molecule has 0 amide bonds. The van der Waals surface area contributed by atoms with E-state index in [2.05, 4.69) is 28.9 Å². The van der Waals surface area contributed by atoms with Crippen LogP contribution in [0.1, 0.15) is 18.1 Å². The van der Waals surface area contributed by atoms with Gasteiger partial charge in [0, 0.05) is 17.8 Å². The fraction of sp³-hybridized carbons (Fsp3) is 0.130. The SMILES string of the molecule is C[C@H]1N(C)c2ccc(C#N)c(C#N)c2N1c1cccc2c1oc1ccccc12. The molecular formula is C23H16N4O. The van der Waals surface area contributed by atoms with E-state index in [1.165, 1.54) is 0 Å². The first kappa shape index (κ1) is 16.2. The lowest BCUT2D eigenvalue weighted by molar-refractivity contribution is 0.662. The minimum atomic E-state index is -0.0325. The lowest BCUT2D eigenvalue weighted by atomic mass is 10.0. The molecule has 1 aromatic heterocycles. The molecule has 5 nitrogen and oxygen atoms in total. The second-order valence-electron chi connectivity index (χ2n) is 6.94. The number of hydrogen-bond acceptors (Lipinski definition) is 5. The molecule has 0 unspecified atom stereocenters. The Labute approximate surface area is 162 Å². The van der Waals surface area contributed by atoms with Crippen LogP contribution in [-0.4, -0.2) is 13.2 Å². The zero-order valence-electron chi connectivity index (χ0n) is 15.5. The summed E-state index contributed by atoms with van der Waals surface area (Å²) in [5.74, 6) is 0. The summed E-state index contributed by atoms with van der Waals surface area (Å²) in [6, 6.07) is 22.0. The van der Waals surface area contributed by atoms with E-state index in [-0.39, 0.29) is 6.17 Å². The zero-order chi connectivity index (χ0) is 19.4. The maximum absolute atomic E-state index is 9.81. The lowest BCUT2D eigenvalue weighted by Crippen LogP contribution is -2.35. The van der Waals surface area contributed by atoms with Crippen molar-refractivity contribution in [2.75, 3.05) is 16.8 Å². The number of anilines is 3. The third kappa shape index (κ3) is 1.99. The predicted octanol–water partition coefficient (Wildman–Crippen LogP) is 5.26. The Morgan fingerprint density at radius 1 is 0.893 bits per heavy atom. The summed E-state index contributed by atoms with van der Waals surface area (Å²) in [5.41, 5.74) is 4.95. The molecule has 0 saturated heterocycles. The van der Waals surface area contributed by atoms with Crippen LogP contribution in [-0.2, 0) is 0 Å². The van der Waals surface area contributed by atoms with Crippen LogP contribution in [0, 0.1) is 22.7 Å². The van der Waals surface area contributed by atoms with Crippen molar-refractivity contribution in [3.8, 4) is 12.1 Å². The van der Waals surface area contributed by atoms with E-state index in [1.807, 2.05) is 55.6 Å². The van der Waals surface area contributed by atoms with Gasteiger partial charge in [0.05, 0.1) is 28.2 Å². The van der Waals surface area contributed by atoms with Crippen LogP contribution in [0.25, 0.3) is 21.9 Å². The van der Waals surface area contributed by atoms with Crippen molar-refractivity contribution in [3.05, 3.63) is 65.7 Å². The second kappa shape index (κ2) is 5.77. The molecule has 0 bridgehead atoms. The number of fused-ring (bicyclic) bond motifs is 4. The predicted molar refractivity (Wildman–Crippen MR) is 110 cm³/mol. The summed E-state index contributed by atoms with van der Waals surface area (Å²) < 4.78 is 6.22. The van der Waals surface area contributed by atoms with Gasteiger partial charge in [-0.25, -0.2) is 0 Å². The highest BCUT2D eigenvalue weighted by Crippen LogP contribution is 2.48. The maximum Gasteiger partial charge on any atom is 0.159 e. The summed E-state index contributed by atoms with van der Waals surface area (Å²) in [6.07, 6.45) is -0.0325. The number of nitriles is 2. The van der Waals surface area contributed by atoms with Crippen molar-refractivity contribution in [3.63, 3.8) is 0 Å². The number of rotatable bonds is 1. The number of para-hydroxylation sites is 2. The van der Waals surface area contributed by atoms with Gasteiger partial charge in [0.15, 0.2) is 5.58 Å². The Bertz CT molecular complexity index is 1340. The van der Waals surface area contributed by atoms with Crippen LogP contribution in [0.2, 0.25) is 0 Å². The zero-order valence-corrected chi connectivity index (χ0v) is 15.5. The third-order valence-electron chi connectivity index (χ3n) is 5.59. The Kier molecular flexibility index (Phi) is 3.35. The first-order chi connectivity index (χ1) is 13.7. The molecule has 3 aromatic carbocycles. The molecule has 28 heavy (non-hydrogen) atoms. The van der Waals surface area contributed by atoms with E-state index < -0.39 is 0 Å². The summed E-state index contributed by atoms with van der Waals surface area (Å²) in [7, 11) is 2.00. The van der Waals surface area contributed by atoms with Gasteiger partial charge in [0.2, 0.25) is 0 Å². The molecule has 134 valence electrons. The van der Waals surface area contributed by atoms with Crippen LogP contribution in [0.15, 0.2) is 59.0 Å². The maximum atomic E-state index is 9.81. The lowest BCUT2D eigenvalue weighted by Gasteiger charge is -2.28.